The summed E-state index contributed by atoms with van der Waals surface area (Å²) >= 11 is -1.95. The normalized spacial score (nSPS) is 16.8. The van der Waals surface area contributed by atoms with Crippen molar-refractivity contribution >= 4 is 11.1 Å². The molecule has 3 atom stereocenters. The lowest BCUT2D eigenvalue weighted by Gasteiger charge is -2.19. The van der Waals surface area contributed by atoms with Crippen molar-refractivity contribution < 1.29 is 13.5 Å². The van der Waals surface area contributed by atoms with Gasteiger partial charge in [0.2, 0.25) is 0 Å². The Labute approximate surface area is 97.6 Å². The molecule has 0 aliphatic carbocycles. The molecule has 1 aromatic rings. The summed E-state index contributed by atoms with van der Waals surface area (Å²) in [5, 5.41) is -0.553. The lowest BCUT2D eigenvalue weighted by Crippen LogP contribution is -2.24. The largest absolute Gasteiger partial charge is 0.369 e. The van der Waals surface area contributed by atoms with Crippen molar-refractivity contribution in [1.29, 1.82) is 0 Å². The van der Waals surface area contributed by atoms with Crippen LogP contribution >= 0.6 is 0 Å². The van der Waals surface area contributed by atoms with Crippen molar-refractivity contribution in [3.63, 3.8) is 0 Å². The van der Waals surface area contributed by atoms with Crippen LogP contribution in [0.2, 0.25) is 0 Å². The van der Waals surface area contributed by atoms with Crippen molar-refractivity contribution in [2.75, 3.05) is 6.61 Å². The molecule has 1 heterocycles. The smallest absolute Gasteiger partial charge is 0.158 e. The highest BCUT2D eigenvalue weighted by molar-refractivity contribution is 7.79. The van der Waals surface area contributed by atoms with Gasteiger partial charge in [-0.2, -0.15) is 0 Å². The molecule has 0 saturated heterocycles. The van der Waals surface area contributed by atoms with E-state index in [1.807, 2.05) is 13.8 Å². The zero-order valence-electron chi connectivity index (χ0n) is 9.58. The first-order valence-electron chi connectivity index (χ1n) is 5.06. The van der Waals surface area contributed by atoms with Gasteiger partial charge in [0.1, 0.15) is 6.10 Å². The van der Waals surface area contributed by atoms with Gasteiger partial charge in [0.15, 0.2) is 16.9 Å². The molecule has 16 heavy (non-hydrogen) atoms. The molecule has 0 radical (unpaired) electrons. The lowest BCUT2D eigenvalue weighted by atomic mass is 10.2. The van der Waals surface area contributed by atoms with Crippen molar-refractivity contribution in [2.24, 2.45) is 0 Å². The quantitative estimate of drug-likeness (QED) is 0.794. The van der Waals surface area contributed by atoms with Gasteiger partial charge >= 0.3 is 0 Å². The fourth-order valence-corrected chi connectivity index (χ4v) is 1.67. The van der Waals surface area contributed by atoms with Crippen molar-refractivity contribution in [3.8, 4) is 0 Å². The second kappa shape index (κ2) is 6.03. The summed E-state index contributed by atoms with van der Waals surface area (Å²) < 4.78 is 25.5. The number of hydrogen-bond donors (Lipinski definition) is 1. The highest BCUT2D eigenvalue weighted by atomic mass is 32.2. The van der Waals surface area contributed by atoms with Gasteiger partial charge in [-0.3, -0.25) is 0 Å². The third kappa shape index (κ3) is 3.33. The first-order chi connectivity index (χ1) is 7.56. The average molecular weight is 244 g/mol. The molecule has 0 aliphatic heterocycles. The molecule has 0 aliphatic rings. The molecule has 0 fully saturated rings. The molecular weight excluding hydrogens is 228 g/mol. The van der Waals surface area contributed by atoms with Gasteiger partial charge in [-0.1, -0.05) is 0 Å². The summed E-state index contributed by atoms with van der Waals surface area (Å²) in [7, 11) is 0. The van der Waals surface area contributed by atoms with Crippen LogP contribution in [-0.2, 0) is 15.8 Å². The van der Waals surface area contributed by atoms with Gasteiger partial charge in [-0.25, -0.2) is 14.2 Å². The van der Waals surface area contributed by atoms with Crippen LogP contribution in [0.25, 0.3) is 0 Å². The fraction of sp³-hybridized carbons (Fsp3) is 0.600. The van der Waals surface area contributed by atoms with E-state index in [9.17, 15) is 4.21 Å². The number of hydrogen-bond acceptors (Lipinski definition) is 4. The van der Waals surface area contributed by atoms with Gasteiger partial charge < -0.3 is 9.29 Å². The van der Waals surface area contributed by atoms with Gasteiger partial charge in [-0.15, -0.1) is 0 Å². The number of nitrogens with zero attached hydrogens (tertiary/aromatic N) is 2. The van der Waals surface area contributed by atoms with Crippen molar-refractivity contribution in [3.05, 3.63) is 23.8 Å². The molecule has 1 aromatic heterocycles. The number of ether oxygens (including phenoxy) is 1. The lowest BCUT2D eigenvalue weighted by molar-refractivity contribution is 0.0554. The van der Waals surface area contributed by atoms with Crippen LogP contribution in [0.4, 0.5) is 0 Å². The van der Waals surface area contributed by atoms with E-state index < -0.39 is 22.4 Å². The SMILES string of the molecule is CCO[C@H](c1ncc(C)cn1)[C@H](C)S(=O)O. The molecule has 0 amide bonds. The molecule has 5 nitrogen and oxygen atoms in total. The van der Waals surface area contributed by atoms with E-state index >= 15 is 0 Å². The summed E-state index contributed by atoms with van der Waals surface area (Å²) in [6, 6.07) is 0. The Bertz CT molecular complexity index is 356. The second-order valence-corrected chi connectivity index (χ2v) is 4.77. The van der Waals surface area contributed by atoms with Crippen LogP contribution in [0.15, 0.2) is 12.4 Å². The minimum Gasteiger partial charge on any atom is -0.369 e. The van der Waals surface area contributed by atoms with Crippen LogP contribution < -0.4 is 0 Å². The van der Waals surface area contributed by atoms with E-state index in [1.54, 1.807) is 19.3 Å². The van der Waals surface area contributed by atoms with Crippen LogP contribution in [-0.4, -0.2) is 30.6 Å². The Morgan fingerprint density at radius 3 is 2.50 bits per heavy atom. The Kier molecular flexibility index (Phi) is 4.98. The second-order valence-electron chi connectivity index (χ2n) is 3.48. The van der Waals surface area contributed by atoms with E-state index in [-0.39, 0.29) is 0 Å². The molecule has 6 heteroatoms. The molecule has 0 saturated carbocycles. The van der Waals surface area contributed by atoms with E-state index in [2.05, 4.69) is 9.97 Å². The van der Waals surface area contributed by atoms with Crippen LogP contribution in [0.1, 0.15) is 31.3 Å². The van der Waals surface area contributed by atoms with Crippen LogP contribution in [0, 0.1) is 6.92 Å². The standard InChI is InChI=1S/C10H16N2O3S/c1-4-15-9(8(3)16(13)14)10-11-5-7(2)6-12-10/h5-6,8-9H,4H2,1-3H3,(H,13,14)/t8-,9-/m0/s1. The summed E-state index contributed by atoms with van der Waals surface area (Å²) in [5.74, 6) is 0.447. The Morgan fingerprint density at radius 1 is 1.50 bits per heavy atom. The van der Waals surface area contributed by atoms with Gasteiger partial charge in [-0.05, 0) is 26.3 Å². The van der Waals surface area contributed by atoms with Crippen molar-refractivity contribution in [2.45, 2.75) is 32.1 Å². The molecule has 0 bridgehead atoms. The maximum absolute atomic E-state index is 11.0. The maximum Gasteiger partial charge on any atom is 0.158 e. The monoisotopic (exact) mass is 244 g/mol. The summed E-state index contributed by atoms with van der Waals surface area (Å²) in [4.78, 5) is 8.24. The highest BCUT2D eigenvalue weighted by Gasteiger charge is 2.26. The zero-order chi connectivity index (χ0) is 12.1. The van der Waals surface area contributed by atoms with E-state index in [0.29, 0.717) is 12.4 Å². The van der Waals surface area contributed by atoms with E-state index in [1.165, 1.54) is 0 Å². The number of aromatic nitrogens is 2. The zero-order valence-corrected chi connectivity index (χ0v) is 10.4. The molecule has 1 rings (SSSR count). The molecule has 0 aromatic carbocycles. The Balaban J connectivity index is 2.92. The van der Waals surface area contributed by atoms with Crippen LogP contribution in [0.5, 0.6) is 0 Å². The molecule has 1 unspecified atom stereocenters. The summed E-state index contributed by atoms with van der Waals surface area (Å²) in [6.07, 6.45) is 2.79. The predicted molar refractivity (Wildman–Crippen MR) is 61.4 cm³/mol. The minimum absolute atomic E-state index is 0.447. The topological polar surface area (TPSA) is 72.3 Å². The molecule has 90 valence electrons. The van der Waals surface area contributed by atoms with Crippen molar-refractivity contribution in [1.82, 2.24) is 9.97 Å². The first-order valence-corrected chi connectivity index (χ1v) is 6.23. The molecule has 0 spiro atoms. The fourth-order valence-electron chi connectivity index (χ4n) is 1.25. The van der Waals surface area contributed by atoms with Gasteiger partial charge in [0, 0.05) is 19.0 Å². The highest BCUT2D eigenvalue weighted by Crippen LogP contribution is 2.20. The number of rotatable bonds is 5. The summed E-state index contributed by atoms with van der Waals surface area (Å²) in [6.45, 7) is 5.80. The summed E-state index contributed by atoms with van der Waals surface area (Å²) in [5.41, 5.74) is 0.941. The van der Waals surface area contributed by atoms with Gasteiger partial charge in [0.25, 0.3) is 0 Å². The molecular formula is C10H16N2O3S. The first kappa shape index (κ1) is 13.2. The van der Waals surface area contributed by atoms with E-state index in [0.717, 1.165) is 5.56 Å². The van der Waals surface area contributed by atoms with E-state index in [4.69, 9.17) is 9.29 Å². The number of aryl methyl sites for hydroxylation is 1. The Hall–Kier alpha value is -0.850. The third-order valence-corrected chi connectivity index (χ3v) is 3.03. The Morgan fingerprint density at radius 2 is 2.06 bits per heavy atom. The maximum atomic E-state index is 11.0. The van der Waals surface area contributed by atoms with Crippen LogP contribution in [0.3, 0.4) is 0 Å². The minimum atomic E-state index is -1.95. The average Bonchev–Trinajstić information content (AvgIpc) is 2.26. The predicted octanol–water partition coefficient (Wildman–Crippen LogP) is 1.47. The third-order valence-electron chi connectivity index (χ3n) is 2.15. The molecule has 1 N–H and O–H groups in total. The van der Waals surface area contributed by atoms with Gasteiger partial charge in [0.05, 0.1) is 5.25 Å².